The Morgan fingerprint density at radius 3 is 2.50 bits per heavy atom. The van der Waals surface area contributed by atoms with Gasteiger partial charge in [-0.15, -0.1) is 11.8 Å². The van der Waals surface area contributed by atoms with Crippen molar-refractivity contribution < 1.29 is 4.79 Å². The minimum atomic E-state index is -0.0864. The maximum Gasteiger partial charge on any atom is 0.224 e. The Bertz CT molecular complexity index is 401. The highest BCUT2D eigenvalue weighted by molar-refractivity contribution is 7.99. The lowest BCUT2D eigenvalue weighted by Gasteiger charge is -2.24. The summed E-state index contributed by atoms with van der Waals surface area (Å²) in [7, 11) is 0. The number of amides is 1. The number of thioether (sulfide) groups is 1. The summed E-state index contributed by atoms with van der Waals surface area (Å²) in [5, 5.41) is 2.99. The summed E-state index contributed by atoms with van der Waals surface area (Å²) in [5.41, 5.74) is 5.84. The van der Waals surface area contributed by atoms with Gasteiger partial charge in [0.25, 0.3) is 0 Å². The van der Waals surface area contributed by atoms with E-state index >= 15 is 0 Å². The molecule has 1 aromatic rings. The summed E-state index contributed by atoms with van der Waals surface area (Å²) in [6, 6.07) is 10.2. The standard InChI is InChI=1S/C16H26N2OS/c1-16(2,3)11-13(12-17)15(19)18-9-10-20-14-7-5-4-6-8-14/h4-8,13H,9-12,17H2,1-3H3,(H,18,19). The second-order valence-corrected chi connectivity index (χ2v) is 7.32. The zero-order valence-corrected chi connectivity index (χ0v) is 13.5. The molecule has 1 unspecified atom stereocenters. The van der Waals surface area contributed by atoms with Gasteiger partial charge in [0.2, 0.25) is 5.91 Å². The van der Waals surface area contributed by atoms with Crippen LogP contribution in [0.3, 0.4) is 0 Å². The predicted molar refractivity (Wildman–Crippen MR) is 86.8 cm³/mol. The third-order valence-electron chi connectivity index (χ3n) is 2.93. The summed E-state index contributed by atoms with van der Waals surface area (Å²) in [4.78, 5) is 13.3. The van der Waals surface area contributed by atoms with Gasteiger partial charge in [-0.05, 0) is 24.0 Å². The summed E-state index contributed by atoms with van der Waals surface area (Å²) < 4.78 is 0. The number of rotatable bonds is 7. The van der Waals surface area contributed by atoms with E-state index in [0.717, 1.165) is 12.2 Å². The first-order valence-electron chi connectivity index (χ1n) is 7.08. The van der Waals surface area contributed by atoms with Gasteiger partial charge in [-0.2, -0.15) is 0 Å². The van der Waals surface area contributed by atoms with Crippen molar-refractivity contribution in [3.05, 3.63) is 30.3 Å². The third kappa shape index (κ3) is 6.96. The van der Waals surface area contributed by atoms with Crippen LogP contribution < -0.4 is 11.1 Å². The minimum absolute atomic E-state index is 0.0797. The molecule has 3 nitrogen and oxygen atoms in total. The summed E-state index contributed by atoms with van der Waals surface area (Å²) in [6.45, 7) is 7.49. The lowest BCUT2D eigenvalue weighted by Crippen LogP contribution is -2.38. The first-order valence-corrected chi connectivity index (χ1v) is 8.06. The van der Waals surface area contributed by atoms with Crippen molar-refractivity contribution in [2.75, 3.05) is 18.8 Å². The summed E-state index contributed by atoms with van der Waals surface area (Å²) in [6.07, 6.45) is 0.821. The molecule has 20 heavy (non-hydrogen) atoms. The maximum absolute atomic E-state index is 12.1. The molecule has 0 aliphatic rings. The fourth-order valence-electron chi connectivity index (χ4n) is 2.03. The first kappa shape index (κ1) is 17.1. The van der Waals surface area contributed by atoms with Crippen LogP contribution >= 0.6 is 11.8 Å². The highest BCUT2D eigenvalue weighted by Crippen LogP contribution is 2.24. The van der Waals surface area contributed by atoms with E-state index in [-0.39, 0.29) is 17.2 Å². The lowest BCUT2D eigenvalue weighted by molar-refractivity contribution is -0.125. The Kier molecular flexibility index (Phi) is 7.10. The monoisotopic (exact) mass is 294 g/mol. The molecule has 4 heteroatoms. The summed E-state index contributed by atoms with van der Waals surface area (Å²) in [5.74, 6) is 0.871. The van der Waals surface area contributed by atoms with E-state index in [2.05, 4.69) is 38.2 Å². The Morgan fingerprint density at radius 1 is 1.30 bits per heavy atom. The average molecular weight is 294 g/mol. The van der Waals surface area contributed by atoms with Crippen LogP contribution in [0.1, 0.15) is 27.2 Å². The van der Waals surface area contributed by atoms with Crippen LogP contribution in [0.5, 0.6) is 0 Å². The summed E-state index contributed by atoms with van der Waals surface area (Å²) >= 11 is 1.75. The van der Waals surface area contributed by atoms with Crippen molar-refractivity contribution in [1.29, 1.82) is 0 Å². The third-order valence-corrected chi connectivity index (χ3v) is 3.94. The molecule has 0 aliphatic carbocycles. The highest BCUT2D eigenvalue weighted by atomic mass is 32.2. The molecule has 0 saturated carbocycles. The van der Waals surface area contributed by atoms with Gasteiger partial charge in [0.1, 0.15) is 0 Å². The number of carbonyl (C=O) groups excluding carboxylic acids is 1. The minimum Gasteiger partial charge on any atom is -0.355 e. The van der Waals surface area contributed by atoms with Gasteiger partial charge in [-0.25, -0.2) is 0 Å². The van der Waals surface area contributed by atoms with Crippen molar-refractivity contribution in [1.82, 2.24) is 5.32 Å². The van der Waals surface area contributed by atoms with Gasteiger partial charge in [0.05, 0.1) is 5.92 Å². The quantitative estimate of drug-likeness (QED) is 0.600. The molecule has 0 aliphatic heterocycles. The Morgan fingerprint density at radius 2 is 1.95 bits per heavy atom. The van der Waals surface area contributed by atoms with Crippen molar-refractivity contribution in [2.24, 2.45) is 17.1 Å². The Balaban J connectivity index is 2.28. The van der Waals surface area contributed by atoms with Gasteiger partial charge < -0.3 is 11.1 Å². The van der Waals surface area contributed by atoms with Crippen molar-refractivity contribution in [3.8, 4) is 0 Å². The van der Waals surface area contributed by atoms with Gasteiger partial charge in [-0.1, -0.05) is 39.0 Å². The molecule has 0 spiro atoms. The van der Waals surface area contributed by atoms with Crippen LogP contribution in [0.4, 0.5) is 0 Å². The van der Waals surface area contributed by atoms with E-state index in [1.807, 2.05) is 18.2 Å². The zero-order valence-electron chi connectivity index (χ0n) is 12.7. The van der Waals surface area contributed by atoms with Gasteiger partial charge in [0.15, 0.2) is 0 Å². The van der Waals surface area contributed by atoms with Crippen molar-refractivity contribution >= 4 is 17.7 Å². The van der Waals surface area contributed by atoms with Crippen molar-refractivity contribution in [2.45, 2.75) is 32.1 Å². The molecular formula is C16H26N2OS. The van der Waals surface area contributed by atoms with Crippen LogP contribution in [-0.2, 0) is 4.79 Å². The predicted octanol–water partition coefficient (Wildman–Crippen LogP) is 2.91. The number of nitrogens with one attached hydrogen (secondary N) is 1. The number of hydrogen-bond donors (Lipinski definition) is 2. The fourth-order valence-corrected chi connectivity index (χ4v) is 2.82. The van der Waals surface area contributed by atoms with Gasteiger partial charge in [-0.3, -0.25) is 4.79 Å². The van der Waals surface area contributed by atoms with Crippen LogP contribution in [0.15, 0.2) is 35.2 Å². The van der Waals surface area contributed by atoms with E-state index in [9.17, 15) is 4.79 Å². The molecule has 0 bridgehead atoms. The van der Waals surface area contributed by atoms with Gasteiger partial charge in [0, 0.05) is 23.7 Å². The molecule has 0 fully saturated rings. The molecule has 0 saturated heterocycles. The van der Waals surface area contributed by atoms with Crippen LogP contribution in [-0.4, -0.2) is 24.7 Å². The van der Waals surface area contributed by atoms with Crippen LogP contribution in [0.2, 0.25) is 0 Å². The average Bonchev–Trinajstić information content (AvgIpc) is 2.41. The molecule has 1 aromatic carbocycles. The van der Waals surface area contributed by atoms with Gasteiger partial charge >= 0.3 is 0 Å². The molecule has 0 radical (unpaired) electrons. The number of hydrogen-bond acceptors (Lipinski definition) is 3. The fraction of sp³-hybridized carbons (Fsp3) is 0.562. The molecule has 1 atom stereocenters. The molecule has 1 amide bonds. The largest absolute Gasteiger partial charge is 0.355 e. The molecule has 1 rings (SSSR count). The van der Waals surface area contributed by atoms with E-state index in [4.69, 9.17) is 5.73 Å². The molecule has 0 aromatic heterocycles. The second-order valence-electron chi connectivity index (χ2n) is 6.15. The number of nitrogens with two attached hydrogens (primary N) is 1. The number of benzene rings is 1. The van der Waals surface area contributed by atoms with E-state index in [1.54, 1.807) is 11.8 Å². The highest BCUT2D eigenvalue weighted by Gasteiger charge is 2.23. The normalized spacial score (nSPS) is 13.0. The molecule has 0 heterocycles. The molecular weight excluding hydrogens is 268 g/mol. The topological polar surface area (TPSA) is 55.1 Å². The van der Waals surface area contributed by atoms with Crippen LogP contribution in [0.25, 0.3) is 0 Å². The Labute approximate surface area is 126 Å². The van der Waals surface area contributed by atoms with E-state index in [0.29, 0.717) is 13.1 Å². The first-order chi connectivity index (χ1) is 9.42. The molecule has 3 N–H and O–H groups in total. The van der Waals surface area contributed by atoms with Crippen LogP contribution in [0, 0.1) is 11.3 Å². The van der Waals surface area contributed by atoms with E-state index in [1.165, 1.54) is 4.90 Å². The smallest absolute Gasteiger partial charge is 0.224 e. The van der Waals surface area contributed by atoms with E-state index < -0.39 is 0 Å². The second kappa shape index (κ2) is 8.32. The SMILES string of the molecule is CC(C)(C)CC(CN)C(=O)NCCSc1ccccc1. The van der Waals surface area contributed by atoms with Crippen molar-refractivity contribution in [3.63, 3.8) is 0 Å². The molecule has 112 valence electrons. The zero-order chi connectivity index (χ0) is 15.0. The Hall–Kier alpha value is -1.00. The maximum atomic E-state index is 12.1. The lowest BCUT2D eigenvalue weighted by atomic mass is 9.84. The number of carbonyl (C=O) groups is 1.